The standard InChI is InChI=1S/C23H37N3OS/c1-24-14-11-21(12-15-24)25(2)23(27)10-9-19-7-5-13-26(17-19)18-20-6-4-8-22(16-20)28-3/h4,6,8,16,19,21H,5,7,9-15,17-18H2,1-3H3/t19-/m1/s1. The fourth-order valence-electron chi connectivity index (χ4n) is 4.65. The SMILES string of the molecule is CSc1cccc(CN2CCC[C@H](CCC(=O)N(C)C3CCN(C)CC3)C2)c1. The highest BCUT2D eigenvalue weighted by atomic mass is 32.2. The number of thioether (sulfide) groups is 1. The quantitative estimate of drug-likeness (QED) is 0.644. The zero-order chi connectivity index (χ0) is 19.9. The summed E-state index contributed by atoms with van der Waals surface area (Å²) in [4.78, 5) is 21.0. The van der Waals surface area contributed by atoms with Crippen LogP contribution in [0.5, 0.6) is 0 Å². The third-order valence-electron chi connectivity index (χ3n) is 6.54. The summed E-state index contributed by atoms with van der Waals surface area (Å²) in [5.41, 5.74) is 1.41. The third kappa shape index (κ3) is 6.23. The van der Waals surface area contributed by atoms with E-state index in [0.29, 0.717) is 24.3 Å². The zero-order valence-corrected chi connectivity index (χ0v) is 18.7. The highest BCUT2D eigenvalue weighted by Crippen LogP contribution is 2.24. The van der Waals surface area contributed by atoms with Gasteiger partial charge in [0.05, 0.1) is 0 Å². The minimum atomic E-state index is 0.347. The van der Waals surface area contributed by atoms with Gasteiger partial charge in [-0.25, -0.2) is 0 Å². The van der Waals surface area contributed by atoms with E-state index >= 15 is 0 Å². The molecule has 5 heteroatoms. The Hall–Kier alpha value is -1.04. The molecule has 2 aliphatic heterocycles. The summed E-state index contributed by atoms with van der Waals surface area (Å²) in [6.07, 6.45) is 8.64. The number of hydrogen-bond donors (Lipinski definition) is 0. The van der Waals surface area contributed by atoms with E-state index in [2.05, 4.69) is 47.4 Å². The number of hydrogen-bond acceptors (Lipinski definition) is 4. The van der Waals surface area contributed by atoms with E-state index in [-0.39, 0.29) is 0 Å². The molecule has 156 valence electrons. The van der Waals surface area contributed by atoms with Gasteiger partial charge in [-0.1, -0.05) is 12.1 Å². The van der Waals surface area contributed by atoms with Crippen LogP contribution in [-0.2, 0) is 11.3 Å². The molecule has 2 fully saturated rings. The number of likely N-dealkylation sites (tertiary alicyclic amines) is 2. The molecule has 2 heterocycles. The monoisotopic (exact) mass is 403 g/mol. The predicted molar refractivity (Wildman–Crippen MR) is 119 cm³/mol. The fraction of sp³-hybridized carbons (Fsp3) is 0.696. The Morgan fingerprint density at radius 1 is 1.21 bits per heavy atom. The number of rotatable bonds is 7. The van der Waals surface area contributed by atoms with Crippen molar-refractivity contribution in [1.29, 1.82) is 0 Å². The summed E-state index contributed by atoms with van der Waals surface area (Å²) in [7, 11) is 4.19. The first-order chi connectivity index (χ1) is 13.5. The molecule has 1 amide bonds. The molecule has 3 rings (SSSR count). The normalized spacial score (nSPS) is 22.3. The molecule has 0 bridgehead atoms. The number of nitrogens with zero attached hydrogens (tertiary/aromatic N) is 3. The number of piperidine rings is 2. The number of carbonyl (C=O) groups excluding carboxylic acids is 1. The van der Waals surface area contributed by atoms with Gasteiger partial charge < -0.3 is 9.80 Å². The molecule has 4 nitrogen and oxygen atoms in total. The summed E-state index contributed by atoms with van der Waals surface area (Å²) in [5.74, 6) is 1.01. The second kappa shape index (κ2) is 10.7. The van der Waals surface area contributed by atoms with Crippen molar-refractivity contribution < 1.29 is 4.79 Å². The molecule has 2 saturated heterocycles. The Kier molecular flexibility index (Phi) is 8.24. The number of carbonyl (C=O) groups is 1. The van der Waals surface area contributed by atoms with Crippen molar-refractivity contribution in [2.75, 3.05) is 46.5 Å². The lowest BCUT2D eigenvalue weighted by molar-refractivity contribution is -0.133. The second-order valence-corrected chi connectivity index (χ2v) is 9.55. The second-order valence-electron chi connectivity index (χ2n) is 8.67. The average Bonchev–Trinajstić information content (AvgIpc) is 2.72. The van der Waals surface area contributed by atoms with Crippen LogP contribution in [0.2, 0.25) is 0 Å². The topological polar surface area (TPSA) is 26.8 Å². The van der Waals surface area contributed by atoms with E-state index in [0.717, 1.165) is 45.4 Å². The first-order valence-electron chi connectivity index (χ1n) is 10.8. The molecule has 0 N–H and O–H groups in total. The first kappa shape index (κ1) is 21.7. The lowest BCUT2D eigenvalue weighted by Crippen LogP contribution is -2.44. The van der Waals surface area contributed by atoms with E-state index in [1.54, 1.807) is 0 Å². The van der Waals surface area contributed by atoms with Crippen LogP contribution in [0, 0.1) is 5.92 Å². The average molecular weight is 404 g/mol. The predicted octanol–water partition coefficient (Wildman–Crippen LogP) is 3.95. The van der Waals surface area contributed by atoms with Gasteiger partial charge in [0.15, 0.2) is 0 Å². The van der Waals surface area contributed by atoms with Crippen LogP contribution in [0.3, 0.4) is 0 Å². The summed E-state index contributed by atoms with van der Waals surface area (Å²) < 4.78 is 0. The smallest absolute Gasteiger partial charge is 0.222 e. The van der Waals surface area contributed by atoms with E-state index in [9.17, 15) is 4.79 Å². The van der Waals surface area contributed by atoms with E-state index < -0.39 is 0 Å². The van der Waals surface area contributed by atoms with Gasteiger partial charge >= 0.3 is 0 Å². The maximum atomic E-state index is 12.7. The van der Waals surface area contributed by atoms with Crippen molar-refractivity contribution in [3.63, 3.8) is 0 Å². The van der Waals surface area contributed by atoms with Crippen LogP contribution in [-0.4, -0.2) is 73.2 Å². The minimum absolute atomic E-state index is 0.347. The lowest BCUT2D eigenvalue weighted by Gasteiger charge is -2.36. The number of amides is 1. The molecule has 28 heavy (non-hydrogen) atoms. The maximum absolute atomic E-state index is 12.7. The summed E-state index contributed by atoms with van der Waals surface area (Å²) in [6, 6.07) is 9.34. The molecular formula is C23H37N3OS. The van der Waals surface area contributed by atoms with Crippen LogP contribution in [0.1, 0.15) is 44.1 Å². The van der Waals surface area contributed by atoms with Crippen molar-refractivity contribution in [3.8, 4) is 0 Å². The largest absolute Gasteiger partial charge is 0.343 e. The van der Waals surface area contributed by atoms with Gasteiger partial charge in [0, 0.05) is 37.5 Å². The van der Waals surface area contributed by atoms with Gasteiger partial charge in [-0.2, -0.15) is 0 Å². The molecule has 0 aliphatic carbocycles. The van der Waals surface area contributed by atoms with Crippen molar-refractivity contribution in [2.24, 2.45) is 5.92 Å². The Labute approximate surface area is 175 Å². The Morgan fingerprint density at radius 2 is 2.00 bits per heavy atom. The van der Waals surface area contributed by atoms with Crippen molar-refractivity contribution >= 4 is 17.7 Å². The fourth-order valence-corrected chi connectivity index (χ4v) is 5.13. The number of benzene rings is 1. The molecule has 0 saturated carbocycles. The van der Waals surface area contributed by atoms with Crippen LogP contribution in [0.4, 0.5) is 0 Å². The summed E-state index contributed by atoms with van der Waals surface area (Å²) >= 11 is 1.81. The molecule has 1 aromatic carbocycles. The van der Waals surface area contributed by atoms with Crippen LogP contribution < -0.4 is 0 Å². The Bertz CT molecular complexity index is 630. The highest BCUT2D eigenvalue weighted by molar-refractivity contribution is 7.98. The van der Waals surface area contributed by atoms with Crippen LogP contribution >= 0.6 is 11.8 Å². The Balaban J connectivity index is 1.43. The van der Waals surface area contributed by atoms with Gasteiger partial charge in [-0.3, -0.25) is 9.69 Å². The van der Waals surface area contributed by atoms with E-state index in [4.69, 9.17) is 0 Å². The van der Waals surface area contributed by atoms with Crippen LogP contribution in [0.25, 0.3) is 0 Å². The van der Waals surface area contributed by atoms with E-state index in [1.165, 1.54) is 29.8 Å². The molecule has 0 radical (unpaired) electrons. The van der Waals surface area contributed by atoms with Crippen molar-refractivity contribution in [2.45, 2.75) is 56.0 Å². The lowest BCUT2D eigenvalue weighted by atomic mass is 9.92. The molecule has 1 atom stereocenters. The van der Waals surface area contributed by atoms with Gasteiger partial charge in [0.2, 0.25) is 5.91 Å². The third-order valence-corrected chi connectivity index (χ3v) is 7.26. The highest BCUT2D eigenvalue weighted by Gasteiger charge is 2.25. The van der Waals surface area contributed by atoms with Gasteiger partial charge in [-0.15, -0.1) is 11.8 Å². The van der Waals surface area contributed by atoms with Gasteiger partial charge in [0.1, 0.15) is 0 Å². The molecule has 1 aromatic rings. The minimum Gasteiger partial charge on any atom is -0.343 e. The molecule has 0 unspecified atom stereocenters. The van der Waals surface area contributed by atoms with Crippen molar-refractivity contribution in [1.82, 2.24) is 14.7 Å². The summed E-state index contributed by atoms with van der Waals surface area (Å²) in [5, 5.41) is 0. The molecule has 0 aromatic heterocycles. The van der Waals surface area contributed by atoms with Gasteiger partial charge in [0.25, 0.3) is 0 Å². The molecular weight excluding hydrogens is 366 g/mol. The van der Waals surface area contributed by atoms with E-state index in [1.807, 2.05) is 23.7 Å². The first-order valence-corrected chi connectivity index (χ1v) is 12.1. The van der Waals surface area contributed by atoms with Gasteiger partial charge in [-0.05, 0) is 88.7 Å². The molecule has 0 spiro atoms. The van der Waals surface area contributed by atoms with Crippen LogP contribution in [0.15, 0.2) is 29.2 Å². The molecule has 2 aliphatic rings. The Morgan fingerprint density at radius 3 is 2.75 bits per heavy atom. The summed E-state index contributed by atoms with van der Waals surface area (Å²) in [6.45, 7) is 5.57. The maximum Gasteiger partial charge on any atom is 0.222 e. The zero-order valence-electron chi connectivity index (χ0n) is 17.9. The van der Waals surface area contributed by atoms with Crippen molar-refractivity contribution in [3.05, 3.63) is 29.8 Å².